The molecule has 2 aromatic carbocycles. The van der Waals surface area contributed by atoms with Crippen molar-refractivity contribution in [2.45, 2.75) is 31.8 Å². The summed E-state index contributed by atoms with van der Waals surface area (Å²) in [5.74, 6) is -0.983. The number of nitrogens with one attached hydrogen (secondary N) is 1. The lowest BCUT2D eigenvalue weighted by atomic mass is 10.1. The number of aliphatic hydroxyl groups is 1. The molecule has 0 aliphatic carbocycles. The van der Waals surface area contributed by atoms with Crippen molar-refractivity contribution in [1.29, 1.82) is 0 Å². The van der Waals surface area contributed by atoms with Crippen molar-refractivity contribution in [3.05, 3.63) is 65.9 Å². The Balaban J connectivity index is 1.32. The number of carboxylic acid groups (broad SMARTS) is 1. The van der Waals surface area contributed by atoms with Gasteiger partial charge in [-0.15, -0.1) is 0 Å². The number of nitrogens with zero attached hydrogens (tertiary/aromatic N) is 1. The molecule has 10 nitrogen and oxygen atoms in total. The first kappa shape index (κ1) is 25.4. The summed E-state index contributed by atoms with van der Waals surface area (Å²) in [5.41, 5.74) is 1.50. The first-order valence-corrected chi connectivity index (χ1v) is 11.0. The van der Waals surface area contributed by atoms with Gasteiger partial charge in [0.2, 0.25) is 5.91 Å². The maximum absolute atomic E-state index is 12.1. The monoisotopic (exact) mass is 482 g/mol. The van der Waals surface area contributed by atoms with Crippen molar-refractivity contribution >= 4 is 23.5 Å². The van der Waals surface area contributed by atoms with E-state index in [9.17, 15) is 19.5 Å². The van der Waals surface area contributed by atoms with E-state index >= 15 is 0 Å². The lowest BCUT2D eigenvalue weighted by Crippen LogP contribution is -2.14. The molecule has 0 spiro atoms. The molecule has 0 aliphatic rings. The zero-order valence-corrected chi connectivity index (χ0v) is 19.1. The number of aromatic nitrogens is 1. The van der Waals surface area contributed by atoms with Crippen LogP contribution in [-0.4, -0.2) is 46.9 Å². The van der Waals surface area contributed by atoms with E-state index < -0.39 is 18.0 Å². The van der Waals surface area contributed by atoms with Crippen LogP contribution in [-0.2, 0) is 14.3 Å². The lowest BCUT2D eigenvalue weighted by Gasteiger charge is -2.10. The Labute approximate surface area is 201 Å². The highest BCUT2D eigenvalue weighted by Crippen LogP contribution is 2.23. The van der Waals surface area contributed by atoms with Crippen LogP contribution in [0, 0.1) is 0 Å². The zero-order chi connectivity index (χ0) is 25.2. The number of ether oxygens (including phenoxy) is 2. The van der Waals surface area contributed by atoms with Crippen LogP contribution in [0.2, 0.25) is 0 Å². The normalized spacial score (nSPS) is 11.5. The molecule has 1 atom stereocenters. The van der Waals surface area contributed by atoms with Crippen LogP contribution in [0.3, 0.4) is 0 Å². The van der Waals surface area contributed by atoms with Crippen LogP contribution < -0.4 is 10.1 Å². The van der Waals surface area contributed by atoms with E-state index in [1.165, 1.54) is 13.2 Å². The molecular formula is C25H26N2O8. The fourth-order valence-corrected chi connectivity index (χ4v) is 3.20. The van der Waals surface area contributed by atoms with Gasteiger partial charge in [-0.1, -0.05) is 17.3 Å². The smallest absolute Gasteiger partial charge is 0.358 e. The third-order valence-corrected chi connectivity index (χ3v) is 5.12. The largest absolute Gasteiger partial charge is 0.494 e. The van der Waals surface area contributed by atoms with E-state index in [0.29, 0.717) is 47.8 Å². The molecule has 3 rings (SSSR count). The number of unbranched alkanes of at least 4 members (excludes halogenated alkanes) is 2. The van der Waals surface area contributed by atoms with Gasteiger partial charge in [0.1, 0.15) is 5.75 Å². The van der Waals surface area contributed by atoms with E-state index in [1.807, 2.05) is 0 Å². The average Bonchev–Trinajstić information content (AvgIpc) is 3.37. The Bertz CT molecular complexity index is 1140. The van der Waals surface area contributed by atoms with E-state index in [0.717, 1.165) is 12.8 Å². The SMILES string of the molecule is COC(=O)C(O)c1ccc(NC(=O)CCCCCOc2ccc(-c3cc(C(=O)O)no3)cc2)cc1. The van der Waals surface area contributed by atoms with Gasteiger partial charge in [-0.05, 0) is 61.2 Å². The molecule has 1 heterocycles. The molecule has 3 N–H and O–H groups in total. The standard InChI is InChI=1S/C25H26N2O8/c1-33-25(32)23(29)17-6-10-18(11-7-17)26-22(28)5-3-2-4-14-34-19-12-8-16(9-13-19)21-15-20(24(30)31)27-35-21/h6-13,15,23,29H,2-5,14H2,1H3,(H,26,28)(H,30,31). The van der Waals surface area contributed by atoms with Crippen molar-refractivity contribution < 1.29 is 38.6 Å². The summed E-state index contributed by atoms with van der Waals surface area (Å²) in [6.07, 6.45) is 1.29. The summed E-state index contributed by atoms with van der Waals surface area (Å²) in [6.45, 7) is 0.496. The molecule has 35 heavy (non-hydrogen) atoms. The Morgan fingerprint density at radius 2 is 1.74 bits per heavy atom. The molecule has 10 heteroatoms. The van der Waals surface area contributed by atoms with Crippen molar-refractivity contribution in [2.75, 3.05) is 19.0 Å². The van der Waals surface area contributed by atoms with Gasteiger partial charge in [0.25, 0.3) is 0 Å². The van der Waals surface area contributed by atoms with Crippen molar-refractivity contribution in [3.63, 3.8) is 0 Å². The Kier molecular flexibility index (Phi) is 8.96. The highest BCUT2D eigenvalue weighted by atomic mass is 16.5. The molecule has 1 amide bonds. The van der Waals surface area contributed by atoms with E-state index in [-0.39, 0.29) is 11.6 Å². The predicted molar refractivity (Wildman–Crippen MR) is 125 cm³/mol. The summed E-state index contributed by atoms with van der Waals surface area (Å²) < 4.78 is 15.2. The molecule has 1 aromatic heterocycles. The number of rotatable bonds is 12. The summed E-state index contributed by atoms with van der Waals surface area (Å²) in [7, 11) is 1.20. The summed E-state index contributed by atoms with van der Waals surface area (Å²) in [5, 5.41) is 25.0. The molecule has 3 aromatic rings. The highest BCUT2D eigenvalue weighted by molar-refractivity contribution is 5.90. The van der Waals surface area contributed by atoms with E-state index in [2.05, 4.69) is 15.2 Å². The number of hydrogen-bond donors (Lipinski definition) is 3. The van der Waals surface area contributed by atoms with Gasteiger partial charge in [0.15, 0.2) is 17.6 Å². The quantitative estimate of drug-likeness (QED) is 0.259. The van der Waals surface area contributed by atoms with E-state index in [1.54, 1.807) is 48.5 Å². The molecule has 0 aliphatic heterocycles. The number of aromatic carboxylic acids is 1. The molecule has 0 saturated carbocycles. The van der Waals surface area contributed by atoms with Crippen LogP contribution >= 0.6 is 0 Å². The Morgan fingerprint density at radius 3 is 2.37 bits per heavy atom. The van der Waals surface area contributed by atoms with Crippen LogP contribution in [0.1, 0.15) is 47.8 Å². The first-order valence-electron chi connectivity index (χ1n) is 11.0. The number of aliphatic hydroxyl groups excluding tert-OH is 1. The third kappa shape index (κ3) is 7.41. The van der Waals surface area contributed by atoms with Gasteiger partial charge in [-0.3, -0.25) is 4.79 Å². The minimum atomic E-state index is -1.36. The van der Waals surface area contributed by atoms with Gasteiger partial charge >= 0.3 is 11.9 Å². The lowest BCUT2D eigenvalue weighted by molar-refractivity contribution is -0.150. The topological polar surface area (TPSA) is 148 Å². The number of carbonyl (C=O) groups excluding carboxylic acids is 2. The first-order chi connectivity index (χ1) is 16.9. The predicted octanol–water partition coefficient (Wildman–Crippen LogP) is 3.82. The minimum absolute atomic E-state index is 0.124. The van der Waals surface area contributed by atoms with Crippen molar-refractivity contribution in [1.82, 2.24) is 5.16 Å². The Hall–Kier alpha value is -4.18. The average molecular weight is 482 g/mol. The molecule has 184 valence electrons. The number of anilines is 1. The van der Waals surface area contributed by atoms with E-state index in [4.69, 9.17) is 14.4 Å². The number of hydrogen-bond acceptors (Lipinski definition) is 8. The molecule has 1 unspecified atom stereocenters. The van der Waals surface area contributed by atoms with Crippen LogP contribution in [0.4, 0.5) is 5.69 Å². The maximum atomic E-state index is 12.1. The zero-order valence-electron chi connectivity index (χ0n) is 19.1. The second kappa shape index (κ2) is 12.3. The fourth-order valence-electron chi connectivity index (χ4n) is 3.20. The number of carbonyl (C=O) groups is 3. The van der Waals surface area contributed by atoms with Gasteiger partial charge in [0.05, 0.1) is 13.7 Å². The fraction of sp³-hybridized carbons (Fsp3) is 0.280. The number of esters is 1. The second-order valence-electron chi connectivity index (χ2n) is 7.66. The second-order valence-corrected chi connectivity index (χ2v) is 7.66. The van der Waals surface area contributed by atoms with Gasteiger partial charge in [0, 0.05) is 23.7 Å². The van der Waals surface area contributed by atoms with Gasteiger partial charge in [-0.25, -0.2) is 9.59 Å². The third-order valence-electron chi connectivity index (χ3n) is 5.12. The molecule has 0 fully saturated rings. The van der Waals surface area contributed by atoms with Crippen LogP contribution in [0.25, 0.3) is 11.3 Å². The number of amides is 1. The highest BCUT2D eigenvalue weighted by Gasteiger charge is 2.17. The number of methoxy groups -OCH3 is 1. The summed E-state index contributed by atoms with van der Waals surface area (Å²) >= 11 is 0. The number of benzene rings is 2. The number of carboxylic acids is 1. The van der Waals surface area contributed by atoms with Gasteiger partial charge < -0.3 is 29.5 Å². The summed E-state index contributed by atoms with van der Waals surface area (Å²) in [4.78, 5) is 34.4. The van der Waals surface area contributed by atoms with Crippen LogP contribution in [0.15, 0.2) is 59.1 Å². The summed E-state index contributed by atoms with van der Waals surface area (Å²) in [6, 6.07) is 14.8. The molecular weight excluding hydrogens is 456 g/mol. The Morgan fingerprint density at radius 1 is 1.03 bits per heavy atom. The van der Waals surface area contributed by atoms with Crippen molar-refractivity contribution in [3.8, 4) is 17.1 Å². The van der Waals surface area contributed by atoms with Gasteiger partial charge in [-0.2, -0.15) is 0 Å². The molecule has 0 saturated heterocycles. The molecule has 0 bridgehead atoms. The molecule has 0 radical (unpaired) electrons. The van der Waals surface area contributed by atoms with Crippen LogP contribution in [0.5, 0.6) is 5.75 Å². The maximum Gasteiger partial charge on any atom is 0.358 e. The minimum Gasteiger partial charge on any atom is -0.494 e. The van der Waals surface area contributed by atoms with Crippen molar-refractivity contribution in [2.24, 2.45) is 0 Å².